The lowest BCUT2D eigenvalue weighted by Gasteiger charge is -2.23. The number of benzene rings is 2. The summed E-state index contributed by atoms with van der Waals surface area (Å²) in [6.45, 7) is 2.38. The maximum absolute atomic E-state index is 12.7. The average Bonchev–Trinajstić information content (AvgIpc) is 3.24. The van der Waals surface area contributed by atoms with Crippen molar-refractivity contribution in [2.45, 2.75) is 38.1 Å². The zero-order valence-corrected chi connectivity index (χ0v) is 19.2. The van der Waals surface area contributed by atoms with Crippen molar-refractivity contribution in [3.05, 3.63) is 58.7 Å². The molecule has 0 unspecified atom stereocenters. The molecule has 1 amide bonds. The number of Topliss-reactive ketones (excluding diaryl/α,β-unsaturated/α-hetero) is 1. The second kappa shape index (κ2) is 10.8. The van der Waals surface area contributed by atoms with E-state index >= 15 is 0 Å². The summed E-state index contributed by atoms with van der Waals surface area (Å²) in [4.78, 5) is 28.0. The highest BCUT2D eigenvalue weighted by Crippen LogP contribution is 2.29. The highest BCUT2D eigenvalue weighted by atomic mass is 35.5. The molecule has 7 nitrogen and oxygen atoms in total. The second-order valence-electron chi connectivity index (χ2n) is 8.48. The van der Waals surface area contributed by atoms with Crippen LogP contribution in [0, 0.1) is 0 Å². The van der Waals surface area contributed by atoms with Crippen molar-refractivity contribution in [2.24, 2.45) is 0 Å². The fourth-order valence-electron chi connectivity index (χ4n) is 4.16. The number of hydrogen-bond donors (Lipinski definition) is 5. The monoisotopic (exact) mass is 468 g/mol. The number of carbonyl (C=O) groups excluding carboxylic acids is 2. The summed E-state index contributed by atoms with van der Waals surface area (Å²) in [6, 6.07) is 12.7. The number of carbonyl (C=O) groups is 2. The molecule has 1 aromatic heterocycles. The summed E-state index contributed by atoms with van der Waals surface area (Å²) in [5, 5.41) is 21.5. The number of aryl methyl sites for hydroxylation is 1. The Kier molecular flexibility index (Phi) is 7.65. The van der Waals surface area contributed by atoms with Gasteiger partial charge in [-0.2, -0.15) is 0 Å². The number of aromatic amines is 1. The molecule has 0 aliphatic carbocycles. The van der Waals surface area contributed by atoms with Gasteiger partial charge in [-0.15, -0.1) is 0 Å². The predicted molar refractivity (Wildman–Crippen MR) is 131 cm³/mol. The Labute approximate surface area is 197 Å². The lowest BCUT2D eigenvalue weighted by molar-refractivity contribution is -0.118. The topological polar surface area (TPSA) is 106 Å². The standard InChI is InChI=1S/C25H29ClN4O3/c26-18-7-8-21-17(13-18)14-23(29-21)25(33)30-22-6-2-4-16(24(22)32)3-1-5-20(31)15-28-19-9-11-27-12-10-19/h2,4,6-8,13-14,19,27-29,32H,1,3,5,9-12,15H2,(H,30,33). The predicted octanol–water partition coefficient (Wildman–Crippen LogP) is 4.01. The van der Waals surface area contributed by atoms with Gasteiger partial charge in [0.1, 0.15) is 17.2 Å². The van der Waals surface area contributed by atoms with E-state index in [1.807, 2.05) is 12.1 Å². The van der Waals surface area contributed by atoms with Crippen molar-refractivity contribution in [3.63, 3.8) is 0 Å². The number of phenols is 1. The molecule has 1 fully saturated rings. The van der Waals surface area contributed by atoms with Crippen LogP contribution in [0.5, 0.6) is 5.75 Å². The van der Waals surface area contributed by atoms with Crippen LogP contribution in [0.3, 0.4) is 0 Å². The van der Waals surface area contributed by atoms with Gasteiger partial charge in [0.15, 0.2) is 0 Å². The van der Waals surface area contributed by atoms with Crippen molar-refractivity contribution in [1.82, 2.24) is 15.6 Å². The smallest absolute Gasteiger partial charge is 0.272 e. The average molecular weight is 469 g/mol. The molecule has 0 atom stereocenters. The Morgan fingerprint density at radius 2 is 1.94 bits per heavy atom. The molecule has 33 heavy (non-hydrogen) atoms. The lowest BCUT2D eigenvalue weighted by Crippen LogP contribution is -2.41. The number of piperidine rings is 1. The summed E-state index contributed by atoms with van der Waals surface area (Å²) in [7, 11) is 0. The molecule has 5 N–H and O–H groups in total. The minimum atomic E-state index is -0.353. The van der Waals surface area contributed by atoms with E-state index < -0.39 is 0 Å². The minimum Gasteiger partial charge on any atom is -0.505 e. The molecular formula is C25H29ClN4O3. The van der Waals surface area contributed by atoms with Crippen molar-refractivity contribution in [2.75, 3.05) is 25.0 Å². The number of aromatic hydroxyl groups is 1. The first kappa shape index (κ1) is 23.3. The van der Waals surface area contributed by atoms with E-state index in [9.17, 15) is 14.7 Å². The maximum Gasteiger partial charge on any atom is 0.272 e. The van der Waals surface area contributed by atoms with Gasteiger partial charge < -0.3 is 26.0 Å². The van der Waals surface area contributed by atoms with E-state index in [4.69, 9.17) is 11.6 Å². The number of H-pyrrole nitrogens is 1. The Bertz CT molecular complexity index is 1140. The molecule has 1 saturated heterocycles. The normalized spacial score (nSPS) is 14.5. The van der Waals surface area contributed by atoms with Crippen LogP contribution >= 0.6 is 11.6 Å². The number of ketones is 1. The summed E-state index contributed by atoms with van der Waals surface area (Å²) in [5.41, 5.74) is 2.23. The van der Waals surface area contributed by atoms with E-state index in [0.717, 1.165) is 36.8 Å². The number of rotatable bonds is 9. The van der Waals surface area contributed by atoms with E-state index in [-0.39, 0.29) is 17.4 Å². The molecule has 2 aromatic carbocycles. The number of halogens is 1. The number of para-hydroxylation sites is 1. The first-order valence-corrected chi connectivity index (χ1v) is 11.7. The van der Waals surface area contributed by atoms with E-state index in [1.54, 1.807) is 30.3 Å². The van der Waals surface area contributed by atoms with Crippen molar-refractivity contribution < 1.29 is 14.7 Å². The minimum absolute atomic E-state index is 0.0327. The first-order chi connectivity index (χ1) is 16.0. The quantitative estimate of drug-likeness (QED) is 0.305. The number of aromatic nitrogens is 1. The van der Waals surface area contributed by atoms with Gasteiger partial charge in [-0.1, -0.05) is 23.7 Å². The van der Waals surface area contributed by atoms with Crippen molar-refractivity contribution in [1.29, 1.82) is 0 Å². The first-order valence-electron chi connectivity index (χ1n) is 11.4. The van der Waals surface area contributed by atoms with Crippen molar-refractivity contribution >= 4 is 39.9 Å². The van der Waals surface area contributed by atoms with Gasteiger partial charge in [0, 0.05) is 28.4 Å². The van der Waals surface area contributed by atoms with Crippen LogP contribution in [0.1, 0.15) is 41.7 Å². The van der Waals surface area contributed by atoms with Gasteiger partial charge >= 0.3 is 0 Å². The molecule has 0 bridgehead atoms. The molecule has 2 heterocycles. The Morgan fingerprint density at radius 3 is 2.76 bits per heavy atom. The zero-order chi connectivity index (χ0) is 23.2. The fourth-order valence-corrected chi connectivity index (χ4v) is 4.34. The van der Waals surface area contributed by atoms with Crippen LogP contribution in [-0.4, -0.2) is 47.5 Å². The number of nitrogens with one attached hydrogen (secondary N) is 4. The van der Waals surface area contributed by atoms with E-state index in [1.165, 1.54) is 0 Å². The number of anilines is 1. The number of fused-ring (bicyclic) bond motifs is 1. The van der Waals surface area contributed by atoms with Gasteiger partial charge in [-0.3, -0.25) is 9.59 Å². The van der Waals surface area contributed by atoms with Crippen LogP contribution in [0.2, 0.25) is 5.02 Å². The third kappa shape index (κ3) is 6.13. The SMILES string of the molecule is O=C(CCCc1cccc(NC(=O)c2cc3cc(Cl)ccc3[nH]2)c1O)CNC1CCNCC1. The zero-order valence-electron chi connectivity index (χ0n) is 18.4. The molecule has 8 heteroatoms. The summed E-state index contributed by atoms with van der Waals surface area (Å²) in [6.07, 6.45) is 3.74. The number of amides is 1. The van der Waals surface area contributed by atoms with Gasteiger partial charge in [0.05, 0.1) is 12.2 Å². The second-order valence-corrected chi connectivity index (χ2v) is 8.92. The Morgan fingerprint density at radius 1 is 1.12 bits per heavy atom. The highest BCUT2D eigenvalue weighted by Gasteiger charge is 2.15. The third-order valence-electron chi connectivity index (χ3n) is 6.02. The van der Waals surface area contributed by atoms with Gasteiger partial charge in [0.2, 0.25) is 0 Å². The number of hydrogen-bond acceptors (Lipinski definition) is 5. The molecule has 1 aliphatic heterocycles. The molecule has 1 aliphatic rings. The lowest BCUT2D eigenvalue weighted by atomic mass is 10.0. The molecule has 0 spiro atoms. The van der Waals surface area contributed by atoms with Crippen molar-refractivity contribution in [3.8, 4) is 5.75 Å². The molecule has 174 valence electrons. The van der Waals surface area contributed by atoms with Gasteiger partial charge in [0.25, 0.3) is 5.91 Å². The Hall–Kier alpha value is -2.87. The summed E-state index contributed by atoms with van der Waals surface area (Å²) >= 11 is 6.02. The Balaban J connectivity index is 1.30. The molecule has 0 radical (unpaired) electrons. The van der Waals surface area contributed by atoms with E-state index in [2.05, 4.69) is 20.9 Å². The van der Waals surface area contributed by atoms with Crippen LogP contribution in [0.15, 0.2) is 42.5 Å². The van der Waals surface area contributed by atoms with E-state index in [0.29, 0.717) is 53.8 Å². The van der Waals surface area contributed by atoms with Crippen LogP contribution in [-0.2, 0) is 11.2 Å². The van der Waals surface area contributed by atoms with Gasteiger partial charge in [-0.25, -0.2) is 0 Å². The summed E-state index contributed by atoms with van der Waals surface area (Å²) in [5.74, 6) is -0.143. The maximum atomic E-state index is 12.7. The molecular weight excluding hydrogens is 440 g/mol. The molecule has 0 saturated carbocycles. The summed E-state index contributed by atoms with van der Waals surface area (Å²) < 4.78 is 0. The number of phenolic OH excluding ortho intramolecular Hbond substituents is 1. The van der Waals surface area contributed by atoms with Crippen LogP contribution in [0.4, 0.5) is 5.69 Å². The van der Waals surface area contributed by atoms with Gasteiger partial charge in [-0.05, 0) is 74.7 Å². The van der Waals surface area contributed by atoms with Crippen LogP contribution in [0.25, 0.3) is 10.9 Å². The third-order valence-corrected chi connectivity index (χ3v) is 6.26. The fraction of sp³-hybridized carbons (Fsp3) is 0.360. The highest BCUT2D eigenvalue weighted by molar-refractivity contribution is 6.31. The largest absolute Gasteiger partial charge is 0.505 e. The van der Waals surface area contributed by atoms with Crippen LogP contribution < -0.4 is 16.0 Å². The molecule has 4 rings (SSSR count). The molecule has 3 aromatic rings.